The van der Waals surface area contributed by atoms with Gasteiger partial charge in [-0.15, -0.1) is 12.4 Å². The first kappa shape index (κ1) is 14.7. The van der Waals surface area contributed by atoms with Crippen LogP contribution < -0.4 is 11.1 Å². The van der Waals surface area contributed by atoms with E-state index < -0.39 is 0 Å². The van der Waals surface area contributed by atoms with Crippen molar-refractivity contribution in [2.75, 3.05) is 13.2 Å². The molecule has 1 fully saturated rings. The van der Waals surface area contributed by atoms with Crippen LogP contribution in [0.15, 0.2) is 0 Å². The highest BCUT2D eigenvalue weighted by molar-refractivity contribution is 5.85. The van der Waals surface area contributed by atoms with Gasteiger partial charge in [-0.1, -0.05) is 0 Å². The number of halogens is 1. The summed E-state index contributed by atoms with van der Waals surface area (Å²) in [4.78, 5) is 11.5. The lowest BCUT2D eigenvalue weighted by molar-refractivity contribution is -0.124. The normalized spacial score (nSPS) is 20.9. The average molecular weight is 237 g/mol. The molecule has 1 atom stereocenters. The van der Waals surface area contributed by atoms with Gasteiger partial charge in [-0.2, -0.15) is 0 Å². The molecule has 1 rings (SSSR count). The molecule has 1 heterocycles. The Labute approximate surface area is 97.3 Å². The maximum Gasteiger partial charge on any atom is 0.223 e. The number of rotatable bonds is 4. The van der Waals surface area contributed by atoms with Gasteiger partial charge in [0.1, 0.15) is 0 Å². The summed E-state index contributed by atoms with van der Waals surface area (Å²) in [5.41, 5.74) is 5.21. The fourth-order valence-electron chi connectivity index (χ4n) is 1.49. The summed E-state index contributed by atoms with van der Waals surface area (Å²) in [5.74, 6) is 0.0346. The maximum atomic E-state index is 11.5. The third-order valence-corrected chi connectivity index (χ3v) is 2.43. The maximum absolute atomic E-state index is 11.5. The van der Waals surface area contributed by atoms with E-state index >= 15 is 0 Å². The fraction of sp³-hybridized carbons (Fsp3) is 0.900. The molecule has 15 heavy (non-hydrogen) atoms. The quantitative estimate of drug-likeness (QED) is 0.760. The van der Waals surface area contributed by atoms with E-state index in [1.165, 1.54) is 0 Å². The van der Waals surface area contributed by atoms with E-state index in [-0.39, 0.29) is 30.0 Å². The summed E-state index contributed by atoms with van der Waals surface area (Å²) >= 11 is 0. The monoisotopic (exact) mass is 236 g/mol. The standard InChI is InChI=1S/C10H20N2O2.ClH/c1-10(2,7-11)12-9(13)6-8-4-3-5-14-8;/h8H,3-7,11H2,1-2H3,(H,12,13);1H. The third-order valence-electron chi connectivity index (χ3n) is 2.43. The molecule has 1 saturated heterocycles. The van der Waals surface area contributed by atoms with Crippen LogP contribution >= 0.6 is 12.4 Å². The highest BCUT2D eigenvalue weighted by Crippen LogP contribution is 2.15. The summed E-state index contributed by atoms with van der Waals surface area (Å²) in [7, 11) is 0. The minimum atomic E-state index is -0.310. The number of ether oxygens (including phenoxy) is 1. The van der Waals surface area contributed by atoms with Crippen LogP contribution in [0.5, 0.6) is 0 Å². The van der Waals surface area contributed by atoms with Gasteiger partial charge >= 0.3 is 0 Å². The van der Waals surface area contributed by atoms with Gasteiger partial charge in [-0.3, -0.25) is 4.79 Å². The van der Waals surface area contributed by atoms with E-state index in [1.807, 2.05) is 13.8 Å². The summed E-state index contributed by atoms with van der Waals surface area (Å²) in [6.07, 6.45) is 2.64. The highest BCUT2D eigenvalue weighted by atomic mass is 35.5. The molecular formula is C10H21ClN2O2. The number of nitrogens with two attached hydrogens (primary N) is 1. The van der Waals surface area contributed by atoms with Crippen molar-refractivity contribution >= 4 is 18.3 Å². The van der Waals surface area contributed by atoms with Crippen molar-refractivity contribution < 1.29 is 9.53 Å². The van der Waals surface area contributed by atoms with Gasteiger partial charge in [-0.05, 0) is 26.7 Å². The van der Waals surface area contributed by atoms with Gasteiger partial charge in [0, 0.05) is 18.7 Å². The Morgan fingerprint density at radius 1 is 1.60 bits per heavy atom. The summed E-state index contributed by atoms with van der Waals surface area (Å²) < 4.78 is 5.38. The first-order chi connectivity index (χ1) is 6.53. The van der Waals surface area contributed by atoms with Gasteiger partial charge in [0.25, 0.3) is 0 Å². The Balaban J connectivity index is 0.00000196. The van der Waals surface area contributed by atoms with Gasteiger partial charge in [0.05, 0.1) is 12.5 Å². The molecule has 4 nitrogen and oxygen atoms in total. The molecular weight excluding hydrogens is 216 g/mol. The number of carbonyl (C=O) groups excluding carboxylic acids is 1. The van der Waals surface area contributed by atoms with Crippen LogP contribution in [0.3, 0.4) is 0 Å². The zero-order valence-corrected chi connectivity index (χ0v) is 10.2. The molecule has 5 heteroatoms. The van der Waals surface area contributed by atoms with Gasteiger partial charge in [0.15, 0.2) is 0 Å². The summed E-state index contributed by atoms with van der Waals surface area (Å²) in [6, 6.07) is 0. The van der Waals surface area contributed by atoms with Crippen LogP contribution in [-0.4, -0.2) is 30.7 Å². The predicted molar refractivity (Wildman–Crippen MR) is 62.1 cm³/mol. The number of amides is 1. The third kappa shape index (κ3) is 5.35. The van der Waals surface area contributed by atoms with E-state index in [1.54, 1.807) is 0 Å². The lowest BCUT2D eigenvalue weighted by Gasteiger charge is -2.24. The SMILES string of the molecule is CC(C)(CN)NC(=O)CC1CCCO1.Cl. The van der Waals surface area contributed by atoms with E-state index in [4.69, 9.17) is 10.5 Å². The van der Waals surface area contributed by atoms with Crippen LogP contribution in [0.2, 0.25) is 0 Å². The second-order valence-corrected chi connectivity index (χ2v) is 4.48. The smallest absolute Gasteiger partial charge is 0.223 e. The Hall–Kier alpha value is -0.320. The molecule has 0 aromatic carbocycles. The molecule has 0 spiro atoms. The zero-order chi connectivity index (χ0) is 10.6. The molecule has 0 aliphatic carbocycles. The Morgan fingerprint density at radius 2 is 2.27 bits per heavy atom. The van der Waals surface area contributed by atoms with Crippen molar-refractivity contribution in [1.29, 1.82) is 0 Å². The van der Waals surface area contributed by atoms with Gasteiger partial charge in [0.2, 0.25) is 5.91 Å². The molecule has 0 aromatic heterocycles. The van der Waals surface area contributed by atoms with Crippen molar-refractivity contribution in [2.24, 2.45) is 5.73 Å². The fourth-order valence-corrected chi connectivity index (χ4v) is 1.49. The van der Waals surface area contributed by atoms with Crippen molar-refractivity contribution in [3.8, 4) is 0 Å². The lowest BCUT2D eigenvalue weighted by atomic mass is 10.1. The second kappa shape index (κ2) is 6.30. The number of hydrogen-bond acceptors (Lipinski definition) is 3. The topological polar surface area (TPSA) is 64.3 Å². The van der Waals surface area contributed by atoms with Crippen LogP contribution in [0.4, 0.5) is 0 Å². The molecule has 0 radical (unpaired) electrons. The predicted octanol–water partition coefficient (Wildman–Crippen LogP) is 0.831. The van der Waals surface area contributed by atoms with Gasteiger partial charge in [-0.25, -0.2) is 0 Å². The Kier molecular flexibility index (Phi) is 6.17. The summed E-state index contributed by atoms with van der Waals surface area (Å²) in [5, 5.41) is 2.89. The van der Waals surface area contributed by atoms with Crippen LogP contribution in [-0.2, 0) is 9.53 Å². The minimum Gasteiger partial charge on any atom is -0.378 e. The molecule has 1 amide bonds. The van der Waals surface area contributed by atoms with Crippen LogP contribution in [0, 0.1) is 0 Å². The molecule has 0 aromatic rings. The Morgan fingerprint density at radius 3 is 2.73 bits per heavy atom. The Bertz CT molecular complexity index is 204. The average Bonchev–Trinajstić information content (AvgIpc) is 2.55. The van der Waals surface area contributed by atoms with Crippen molar-refractivity contribution in [1.82, 2.24) is 5.32 Å². The molecule has 3 N–H and O–H groups in total. The van der Waals surface area contributed by atoms with Crippen molar-refractivity contribution in [3.05, 3.63) is 0 Å². The molecule has 1 unspecified atom stereocenters. The molecule has 0 saturated carbocycles. The molecule has 1 aliphatic heterocycles. The summed E-state index contributed by atoms with van der Waals surface area (Å²) in [6.45, 7) is 5.07. The van der Waals surface area contributed by atoms with E-state index in [0.29, 0.717) is 13.0 Å². The first-order valence-corrected chi connectivity index (χ1v) is 5.16. The number of hydrogen-bond donors (Lipinski definition) is 2. The number of carbonyl (C=O) groups is 1. The van der Waals surface area contributed by atoms with E-state index in [2.05, 4.69) is 5.32 Å². The second-order valence-electron chi connectivity index (χ2n) is 4.48. The number of nitrogens with one attached hydrogen (secondary N) is 1. The lowest BCUT2D eigenvalue weighted by Crippen LogP contribution is -2.49. The molecule has 0 bridgehead atoms. The minimum absolute atomic E-state index is 0. The van der Waals surface area contributed by atoms with Crippen molar-refractivity contribution in [2.45, 2.75) is 44.8 Å². The van der Waals surface area contributed by atoms with Gasteiger partial charge < -0.3 is 15.8 Å². The van der Waals surface area contributed by atoms with Crippen LogP contribution in [0.25, 0.3) is 0 Å². The highest BCUT2D eigenvalue weighted by Gasteiger charge is 2.23. The zero-order valence-electron chi connectivity index (χ0n) is 9.41. The molecule has 90 valence electrons. The van der Waals surface area contributed by atoms with E-state index in [9.17, 15) is 4.79 Å². The van der Waals surface area contributed by atoms with Crippen LogP contribution in [0.1, 0.15) is 33.1 Å². The largest absolute Gasteiger partial charge is 0.378 e. The first-order valence-electron chi connectivity index (χ1n) is 5.16. The van der Waals surface area contributed by atoms with E-state index in [0.717, 1.165) is 19.4 Å². The van der Waals surface area contributed by atoms with Crippen molar-refractivity contribution in [3.63, 3.8) is 0 Å². The molecule has 1 aliphatic rings.